The molecule has 0 saturated carbocycles. The number of pyridine rings is 1. The highest BCUT2D eigenvalue weighted by molar-refractivity contribution is 6.30. The van der Waals surface area contributed by atoms with Crippen molar-refractivity contribution in [3.05, 3.63) is 101 Å². The van der Waals surface area contributed by atoms with Crippen LogP contribution < -0.4 is 5.32 Å². The van der Waals surface area contributed by atoms with Crippen LogP contribution in [-0.4, -0.2) is 27.7 Å². The number of rotatable bonds is 8. The van der Waals surface area contributed by atoms with E-state index in [9.17, 15) is 9.59 Å². The summed E-state index contributed by atoms with van der Waals surface area (Å²) in [6, 6.07) is 19.9. The van der Waals surface area contributed by atoms with Crippen molar-refractivity contribution >= 4 is 23.4 Å². The van der Waals surface area contributed by atoms with E-state index in [4.69, 9.17) is 11.6 Å². The Balaban J connectivity index is 1.72. The lowest BCUT2D eigenvalue weighted by atomic mass is 10.1. The molecule has 0 aliphatic heterocycles. The lowest BCUT2D eigenvalue weighted by Gasteiger charge is -2.29. The van der Waals surface area contributed by atoms with Gasteiger partial charge < -0.3 is 10.2 Å². The normalized spacial score (nSPS) is 11.5. The van der Waals surface area contributed by atoms with E-state index in [0.717, 1.165) is 16.7 Å². The highest BCUT2D eigenvalue weighted by atomic mass is 35.5. The average molecular weight is 422 g/mol. The zero-order valence-electron chi connectivity index (χ0n) is 16.8. The molecule has 0 unspecified atom stereocenters. The van der Waals surface area contributed by atoms with Crippen molar-refractivity contribution in [2.45, 2.75) is 32.5 Å². The first-order valence-corrected chi connectivity index (χ1v) is 10.1. The molecule has 2 amide bonds. The fourth-order valence-electron chi connectivity index (χ4n) is 3.08. The van der Waals surface area contributed by atoms with E-state index in [1.807, 2.05) is 54.6 Å². The van der Waals surface area contributed by atoms with Gasteiger partial charge in [-0.2, -0.15) is 0 Å². The molecule has 30 heavy (non-hydrogen) atoms. The van der Waals surface area contributed by atoms with E-state index < -0.39 is 6.04 Å². The topological polar surface area (TPSA) is 62.3 Å². The third-order valence-corrected chi connectivity index (χ3v) is 5.10. The fraction of sp³-hybridized carbons (Fsp3) is 0.208. The van der Waals surface area contributed by atoms with Crippen LogP contribution in [0.5, 0.6) is 0 Å². The van der Waals surface area contributed by atoms with Crippen molar-refractivity contribution in [3.63, 3.8) is 0 Å². The predicted octanol–water partition coefficient (Wildman–Crippen LogP) is 4.01. The standard InChI is InChI=1S/C24H24ClN3O2/c1-18(24(30)27-16-20-11-13-26-14-12-20)28(17-21-5-3-2-4-6-21)23(29)15-19-7-9-22(25)10-8-19/h2-14,18H,15-17H2,1H3,(H,27,30)/t18-/m0/s1. The molecule has 0 saturated heterocycles. The Morgan fingerprint density at radius 1 is 0.933 bits per heavy atom. The van der Waals surface area contributed by atoms with Crippen LogP contribution in [0.4, 0.5) is 0 Å². The minimum Gasteiger partial charge on any atom is -0.350 e. The van der Waals surface area contributed by atoms with E-state index in [2.05, 4.69) is 10.3 Å². The molecular formula is C24H24ClN3O2. The molecule has 0 spiro atoms. The van der Waals surface area contributed by atoms with Gasteiger partial charge in [-0.05, 0) is 47.9 Å². The lowest BCUT2D eigenvalue weighted by molar-refractivity contribution is -0.140. The van der Waals surface area contributed by atoms with E-state index in [1.54, 1.807) is 36.4 Å². The summed E-state index contributed by atoms with van der Waals surface area (Å²) in [6.07, 6.45) is 3.57. The van der Waals surface area contributed by atoms with Crippen molar-refractivity contribution in [3.8, 4) is 0 Å². The third-order valence-electron chi connectivity index (χ3n) is 4.85. The maximum Gasteiger partial charge on any atom is 0.242 e. The van der Waals surface area contributed by atoms with Gasteiger partial charge >= 0.3 is 0 Å². The minimum atomic E-state index is -0.619. The first-order valence-electron chi connectivity index (χ1n) is 9.77. The largest absolute Gasteiger partial charge is 0.350 e. The molecular weight excluding hydrogens is 398 g/mol. The summed E-state index contributed by atoms with van der Waals surface area (Å²) in [5, 5.41) is 3.53. The highest BCUT2D eigenvalue weighted by Crippen LogP contribution is 2.14. The van der Waals surface area contributed by atoms with Gasteiger partial charge in [0.25, 0.3) is 0 Å². The van der Waals surface area contributed by atoms with Gasteiger partial charge in [-0.25, -0.2) is 0 Å². The van der Waals surface area contributed by atoms with Crippen LogP contribution in [0.2, 0.25) is 5.02 Å². The van der Waals surface area contributed by atoms with Gasteiger partial charge in [-0.15, -0.1) is 0 Å². The molecule has 0 bridgehead atoms. The van der Waals surface area contributed by atoms with Crippen LogP contribution in [0, 0.1) is 0 Å². The number of nitrogens with one attached hydrogen (secondary N) is 1. The maximum atomic E-state index is 13.1. The average Bonchev–Trinajstić information content (AvgIpc) is 2.78. The fourth-order valence-corrected chi connectivity index (χ4v) is 3.20. The molecule has 3 rings (SSSR count). The zero-order chi connectivity index (χ0) is 21.3. The summed E-state index contributed by atoms with van der Waals surface area (Å²) >= 11 is 5.94. The monoisotopic (exact) mass is 421 g/mol. The van der Waals surface area contributed by atoms with Crippen LogP contribution in [0.15, 0.2) is 79.1 Å². The van der Waals surface area contributed by atoms with Crippen molar-refractivity contribution in [1.29, 1.82) is 0 Å². The number of carbonyl (C=O) groups is 2. The summed E-state index contributed by atoms with van der Waals surface area (Å²) in [7, 11) is 0. The lowest BCUT2D eigenvalue weighted by Crippen LogP contribution is -2.47. The molecule has 6 heteroatoms. The summed E-state index contributed by atoms with van der Waals surface area (Å²) in [4.78, 5) is 31.5. The Labute approximate surface area is 181 Å². The number of nitrogens with zero attached hydrogens (tertiary/aromatic N) is 2. The molecule has 0 aliphatic carbocycles. The number of hydrogen-bond donors (Lipinski definition) is 1. The van der Waals surface area contributed by atoms with Crippen LogP contribution in [0.1, 0.15) is 23.6 Å². The molecule has 3 aromatic rings. The second-order valence-electron chi connectivity index (χ2n) is 7.06. The van der Waals surface area contributed by atoms with Crippen molar-refractivity contribution in [1.82, 2.24) is 15.2 Å². The van der Waals surface area contributed by atoms with Crippen molar-refractivity contribution in [2.24, 2.45) is 0 Å². The van der Waals surface area contributed by atoms with Gasteiger partial charge in [0.05, 0.1) is 6.42 Å². The Morgan fingerprint density at radius 3 is 2.27 bits per heavy atom. The first-order chi connectivity index (χ1) is 14.5. The first kappa shape index (κ1) is 21.5. The number of benzene rings is 2. The molecule has 0 radical (unpaired) electrons. The van der Waals surface area contributed by atoms with E-state index >= 15 is 0 Å². The molecule has 0 aliphatic rings. The van der Waals surface area contributed by atoms with Crippen molar-refractivity contribution in [2.75, 3.05) is 0 Å². The Hall–Kier alpha value is -3.18. The summed E-state index contributed by atoms with van der Waals surface area (Å²) in [6.45, 7) is 2.50. The van der Waals surface area contributed by atoms with Gasteiger partial charge in [0.15, 0.2) is 0 Å². The Morgan fingerprint density at radius 2 is 1.60 bits per heavy atom. The van der Waals surface area contributed by atoms with Gasteiger partial charge in [0.1, 0.15) is 6.04 Å². The minimum absolute atomic E-state index is 0.118. The maximum absolute atomic E-state index is 13.1. The van der Waals surface area contributed by atoms with E-state index in [1.165, 1.54) is 0 Å². The number of aromatic nitrogens is 1. The number of halogens is 1. The summed E-state index contributed by atoms with van der Waals surface area (Å²) < 4.78 is 0. The SMILES string of the molecule is C[C@@H](C(=O)NCc1ccncc1)N(Cc1ccccc1)C(=O)Cc1ccc(Cl)cc1. The number of amides is 2. The number of carbonyl (C=O) groups excluding carboxylic acids is 2. The second kappa shape index (κ2) is 10.6. The molecule has 1 N–H and O–H groups in total. The third kappa shape index (κ3) is 6.16. The van der Waals surface area contributed by atoms with Crippen LogP contribution in [-0.2, 0) is 29.1 Å². The van der Waals surface area contributed by atoms with Gasteiger partial charge in [-0.1, -0.05) is 54.1 Å². The van der Waals surface area contributed by atoms with E-state index in [-0.39, 0.29) is 18.2 Å². The molecule has 1 atom stereocenters. The Bertz CT molecular complexity index is 963. The highest BCUT2D eigenvalue weighted by Gasteiger charge is 2.26. The predicted molar refractivity (Wildman–Crippen MR) is 118 cm³/mol. The smallest absolute Gasteiger partial charge is 0.242 e. The molecule has 5 nitrogen and oxygen atoms in total. The van der Waals surface area contributed by atoms with Crippen LogP contribution in [0.3, 0.4) is 0 Å². The molecule has 1 aromatic heterocycles. The molecule has 154 valence electrons. The summed E-state index contributed by atoms with van der Waals surface area (Å²) in [5.41, 5.74) is 2.77. The summed E-state index contributed by atoms with van der Waals surface area (Å²) in [5.74, 6) is -0.320. The quantitative estimate of drug-likeness (QED) is 0.597. The second-order valence-corrected chi connectivity index (χ2v) is 7.50. The molecule has 1 heterocycles. The Kier molecular flexibility index (Phi) is 7.57. The molecule has 2 aromatic carbocycles. The van der Waals surface area contributed by atoms with Gasteiger partial charge in [-0.3, -0.25) is 14.6 Å². The van der Waals surface area contributed by atoms with Crippen LogP contribution in [0.25, 0.3) is 0 Å². The van der Waals surface area contributed by atoms with Crippen LogP contribution >= 0.6 is 11.6 Å². The molecule has 0 fully saturated rings. The van der Waals surface area contributed by atoms with Gasteiger partial charge in [0.2, 0.25) is 11.8 Å². The number of hydrogen-bond acceptors (Lipinski definition) is 3. The van der Waals surface area contributed by atoms with E-state index in [0.29, 0.717) is 18.1 Å². The van der Waals surface area contributed by atoms with Crippen molar-refractivity contribution < 1.29 is 9.59 Å². The zero-order valence-corrected chi connectivity index (χ0v) is 17.5. The van der Waals surface area contributed by atoms with Gasteiger partial charge in [0, 0.05) is 30.5 Å².